The van der Waals surface area contributed by atoms with Gasteiger partial charge in [-0.2, -0.15) is 0 Å². The Morgan fingerprint density at radius 1 is 1.07 bits per heavy atom. The molecule has 2 fully saturated rings. The lowest BCUT2D eigenvalue weighted by atomic mass is 10.2. The number of hydrogen-bond acceptors (Lipinski definition) is 6. The molecule has 2 unspecified atom stereocenters. The van der Waals surface area contributed by atoms with Crippen molar-refractivity contribution < 1.29 is 19.1 Å². The third-order valence-corrected chi connectivity index (χ3v) is 5.23. The van der Waals surface area contributed by atoms with Crippen molar-refractivity contribution in [1.82, 2.24) is 9.88 Å². The summed E-state index contributed by atoms with van der Waals surface area (Å²) in [7, 11) is 0. The van der Waals surface area contributed by atoms with Gasteiger partial charge in [0.05, 0.1) is 24.3 Å². The fourth-order valence-corrected chi connectivity index (χ4v) is 3.86. The third kappa shape index (κ3) is 3.65. The van der Waals surface area contributed by atoms with E-state index in [0.29, 0.717) is 18.7 Å². The molecule has 1 aromatic carbocycles. The molecular formula is C21H23N3O4. The predicted molar refractivity (Wildman–Crippen MR) is 103 cm³/mol. The van der Waals surface area contributed by atoms with E-state index >= 15 is 0 Å². The second-order valence-corrected chi connectivity index (χ2v) is 7.01. The van der Waals surface area contributed by atoms with Gasteiger partial charge in [0.25, 0.3) is 0 Å². The number of fused-ring (bicyclic) bond motifs is 2. The van der Waals surface area contributed by atoms with Gasteiger partial charge in [-0.05, 0) is 31.0 Å². The molecule has 2 aliphatic heterocycles. The van der Waals surface area contributed by atoms with Crippen molar-refractivity contribution in [3.63, 3.8) is 0 Å². The van der Waals surface area contributed by atoms with Crippen LogP contribution in [0, 0.1) is 0 Å². The van der Waals surface area contributed by atoms with Crippen LogP contribution < -0.4 is 4.90 Å². The lowest BCUT2D eigenvalue weighted by molar-refractivity contribution is 0.0525. The first-order chi connectivity index (χ1) is 13.7. The zero-order chi connectivity index (χ0) is 19.5. The molecule has 2 atom stereocenters. The maximum Gasteiger partial charge on any atom is 0.410 e. The van der Waals surface area contributed by atoms with Crippen LogP contribution >= 0.6 is 0 Å². The molecule has 2 aliphatic rings. The second kappa shape index (κ2) is 7.88. The quantitative estimate of drug-likeness (QED) is 0.742. The van der Waals surface area contributed by atoms with Gasteiger partial charge >= 0.3 is 12.1 Å². The van der Waals surface area contributed by atoms with Gasteiger partial charge in [-0.15, -0.1) is 0 Å². The van der Waals surface area contributed by atoms with Gasteiger partial charge in [0.1, 0.15) is 12.4 Å². The van der Waals surface area contributed by atoms with Crippen LogP contribution in [0.2, 0.25) is 0 Å². The number of aromatic nitrogens is 1. The molecule has 2 saturated heterocycles. The molecule has 0 saturated carbocycles. The number of amides is 1. The summed E-state index contributed by atoms with van der Waals surface area (Å²) in [5.41, 5.74) is 1.42. The molecule has 146 valence electrons. The first-order valence-corrected chi connectivity index (χ1v) is 9.53. The Balaban J connectivity index is 1.33. The topological polar surface area (TPSA) is 72.0 Å². The highest BCUT2D eigenvalue weighted by Gasteiger charge is 2.46. The molecule has 7 nitrogen and oxygen atoms in total. The number of rotatable bonds is 5. The van der Waals surface area contributed by atoms with Gasteiger partial charge in [-0.1, -0.05) is 30.3 Å². The summed E-state index contributed by atoms with van der Waals surface area (Å²) in [6, 6.07) is 13.6. The van der Waals surface area contributed by atoms with E-state index in [1.807, 2.05) is 41.3 Å². The van der Waals surface area contributed by atoms with Gasteiger partial charge in [0.15, 0.2) is 0 Å². The van der Waals surface area contributed by atoms with Crippen LogP contribution in [0.15, 0.2) is 48.7 Å². The van der Waals surface area contributed by atoms with Crippen LogP contribution in [-0.4, -0.2) is 53.7 Å². The Bertz CT molecular complexity index is 840. The minimum atomic E-state index is -0.364. The van der Waals surface area contributed by atoms with Crippen LogP contribution in [0.4, 0.5) is 10.6 Å². The number of ether oxygens (including phenoxy) is 2. The van der Waals surface area contributed by atoms with Crippen LogP contribution in [0.5, 0.6) is 0 Å². The molecule has 0 aliphatic carbocycles. The van der Waals surface area contributed by atoms with Gasteiger partial charge in [-0.3, -0.25) is 0 Å². The Labute approximate surface area is 163 Å². The molecule has 0 N–H and O–H groups in total. The highest BCUT2D eigenvalue weighted by Crippen LogP contribution is 2.34. The van der Waals surface area contributed by atoms with E-state index in [9.17, 15) is 9.59 Å². The Morgan fingerprint density at radius 2 is 1.89 bits per heavy atom. The predicted octanol–water partition coefficient (Wildman–Crippen LogP) is 2.86. The molecule has 1 amide bonds. The maximum atomic E-state index is 12.5. The zero-order valence-corrected chi connectivity index (χ0v) is 15.8. The van der Waals surface area contributed by atoms with Crippen LogP contribution in [-0.2, 0) is 16.1 Å². The fourth-order valence-electron chi connectivity index (χ4n) is 3.86. The summed E-state index contributed by atoms with van der Waals surface area (Å²) in [5, 5.41) is 0. The van der Waals surface area contributed by atoms with E-state index in [-0.39, 0.29) is 30.8 Å². The van der Waals surface area contributed by atoms with Crippen molar-refractivity contribution in [2.75, 3.05) is 24.6 Å². The molecule has 0 spiro atoms. The van der Waals surface area contributed by atoms with Crippen molar-refractivity contribution in [2.45, 2.75) is 32.0 Å². The van der Waals surface area contributed by atoms with Gasteiger partial charge in [-0.25, -0.2) is 14.6 Å². The van der Waals surface area contributed by atoms with Gasteiger partial charge < -0.3 is 19.3 Å². The molecule has 4 rings (SSSR count). The number of carbonyl (C=O) groups is 2. The normalized spacial score (nSPS) is 20.3. The average Bonchev–Trinajstić information content (AvgIpc) is 3.34. The van der Waals surface area contributed by atoms with E-state index < -0.39 is 0 Å². The van der Waals surface area contributed by atoms with Crippen LogP contribution in [0.25, 0.3) is 0 Å². The van der Waals surface area contributed by atoms with Crippen molar-refractivity contribution in [3.05, 3.63) is 59.8 Å². The van der Waals surface area contributed by atoms with E-state index in [0.717, 1.165) is 24.3 Å². The first kappa shape index (κ1) is 18.3. The standard InChI is InChI=1S/C21H23N3O4/c1-2-27-20(25)16-8-9-19(22-11-16)23-12-18-10-17(23)13-24(18)21(26)28-14-15-6-4-3-5-7-15/h3-9,11,17-18H,2,10,12-14H2,1H3. The Morgan fingerprint density at radius 3 is 2.54 bits per heavy atom. The summed E-state index contributed by atoms with van der Waals surface area (Å²) in [6.45, 7) is 3.74. The largest absolute Gasteiger partial charge is 0.462 e. The molecule has 2 aromatic rings. The molecule has 28 heavy (non-hydrogen) atoms. The summed E-state index contributed by atoms with van der Waals surface area (Å²) in [6.07, 6.45) is 2.19. The van der Waals surface area contributed by atoms with Crippen LogP contribution in [0.3, 0.4) is 0 Å². The first-order valence-electron chi connectivity index (χ1n) is 9.53. The van der Waals surface area contributed by atoms with E-state index in [4.69, 9.17) is 9.47 Å². The summed E-state index contributed by atoms with van der Waals surface area (Å²) >= 11 is 0. The molecule has 1 aromatic heterocycles. The third-order valence-electron chi connectivity index (χ3n) is 5.23. The van der Waals surface area contributed by atoms with Crippen molar-refractivity contribution in [1.29, 1.82) is 0 Å². The summed E-state index contributed by atoms with van der Waals surface area (Å²) in [5.74, 6) is 0.453. The number of hydrogen-bond donors (Lipinski definition) is 0. The van der Waals surface area contributed by atoms with Crippen molar-refractivity contribution in [3.8, 4) is 0 Å². The average molecular weight is 381 g/mol. The SMILES string of the molecule is CCOC(=O)c1ccc(N2CC3CC2CN3C(=O)OCc2ccccc2)nc1. The summed E-state index contributed by atoms with van der Waals surface area (Å²) < 4.78 is 10.5. The zero-order valence-electron chi connectivity index (χ0n) is 15.8. The smallest absolute Gasteiger partial charge is 0.410 e. The maximum absolute atomic E-state index is 12.5. The molecular weight excluding hydrogens is 358 g/mol. The number of anilines is 1. The number of carbonyl (C=O) groups excluding carboxylic acids is 2. The Hall–Kier alpha value is -3.09. The highest BCUT2D eigenvalue weighted by atomic mass is 16.6. The monoisotopic (exact) mass is 381 g/mol. The number of likely N-dealkylation sites (tertiary alicyclic amines) is 1. The van der Waals surface area contributed by atoms with E-state index in [2.05, 4.69) is 9.88 Å². The minimum Gasteiger partial charge on any atom is -0.462 e. The van der Waals surface area contributed by atoms with Gasteiger partial charge in [0.2, 0.25) is 0 Å². The second-order valence-electron chi connectivity index (χ2n) is 7.01. The van der Waals surface area contributed by atoms with Crippen molar-refractivity contribution in [2.24, 2.45) is 0 Å². The Kier molecular flexibility index (Phi) is 5.14. The lowest BCUT2D eigenvalue weighted by Gasteiger charge is -2.34. The minimum absolute atomic E-state index is 0.125. The lowest BCUT2D eigenvalue weighted by Crippen LogP contribution is -2.49. The van der Waals surface area contributed by atoms with Gasteiger partial charge in [0, 0.05) is 19.3 Å². The molecule has 7 heteroatoms. The molecule has 0 radical (unpaired) electrons. The summed E-state index contributed by atoms with van der Waals surface area (Å²) in [4.78, 5) is 32.6. The number of nitrogens with zero attached hydrogens (tertiary/aromatic N) is 3. The van der Waals surface area contributed by atoms with E-state index in [1.165, 1.54) is 0 Å². The van der Waals surface area contributed by atoms with Crippen molar-refractivity contribution >= 4 is 17.9 Å². The number of pyridine rings is 1. The number of benzene rings is 1. The van der Waals surface area contributed by atoms with E-state index in [1.54, 1.807) is 19.2 Å². The highest BCUT2D eigenvalue weighted by molar-refractivity contribution is 5.89. The number of piperazine rings is 1. The molecule has 2 bridgehead atoms. The fraction of sp³-hybridized carbons (Fsp3) is 0.381. The number of esters is 1. The van der Waals surface area contributed by atoms with Crippen LogP contribution in [0.1, 0.15) is 29.3 Å². The molecule has 3 heterocycles.